The van der Waals surface area contributed by atoms with Gasteiger partial charge in [-0.25, -0.2) is 0 Å². The fourth-order valence-electron chi connectivity index (χ4n) is 3.49. The van der Waals surface area contributed by atoms with Gasteiger partial charge in [0.25, 0.3) is 0 Å². The minimum Gasteiger partial charge on any atom is -0.343 e. The van der Waals surface area contributed by atoms with Crippen molar-refractivity contribution < 1.29 is 4.79 Å². The Morgan fingerprint density at radius 3 is 2.37 bits per heavy atom. The average Bonchev–Trinajstić information content (AvgIpc) is 2.35. The molecule has 0 N–H and O–H groups in total. The first-order chi connectivity index (χ1) is 9.04. The van der Waals surface area contributed by atoms with Crippen LogP contribution in [0.1, 0.15) is 52.9 Å². The first-order valence-electron chi connectivity index (χ1n) is 8.05. The quantitative estimate of drug-likeness (QED) is 0.764. The molecule has 2 aliphatic rings. The Morgan fingerprint density at radius 1 is 1.21 bits per heavy atom. The number of hydrogen-bond acceptors (Lipinski definition) is 2. The Labute approximate surface area is 118 Å². The number of rotatable bonds is 5. The lowest BCUT2D eigenvalue weighted by Crippen LogP contribution is -2.60. The molecule has 0 aromatic rings. The highest BCUT2D eigenvalue weighted by Gasteiger charge is 2.44. The molecule has 2 aliphatic heterocycles. The molecule has 0 aromatic heterocycles. The van der Waals surface area contributed by atoms with Gasteiger partial charge < -0.3 is 9.80 Å². The van der Waals surface area contributed by atoms with E-state index in [1.807, 2.05) is 0 Å². The van der Waals surface area contributed by atoms with Crippen LogP contribution in [0, 0.1) is 11.3 Å². The van der Waals surface area contributed by atoms with E-state index in [1.54, 1.807) is 0 Å². The van der Waals surface area contributed by atoms with Crippen molar-refractivity contribution in [1.29, 1.82) is 0 Å². The van der Waals surface area contributed by atoms with Crippen LogP contribution < -0.4 is 0 Å². The van der Waals surface area contributed by atoms with Gasteiger partial charge in [-0.15, -0.1) is 0 Å². The Hall–Kier alpha value is -0.570. The summed E-state index contributed by atoms with van der Waals surface area (Å²) in [6.45, 7) is 12.4. The molecule has 0 bridgehead atoms. The monoisotopic (exact) mass is 266 g/mol. The number of carbonyl (C=O) groups excluding carboxylic acids is 1. The fourth-order valence-corrected chi connectivity index (χ4v) is 3.49. The standard InChI is InChI=1S/C16H30N2O/c1-4-9-17-12-16(13-17)7-10-18(11-8-16)15(19)6-5-14(2)3/h14H,4-13H2,1-3H3. The van der Waals surface area contributed by atoms with E-state index in [0.717, 1.165) is 25.9 Å². The molecular weight excluding hydrogens is 236 g/mol. The maximum Gasteiger partial charge on any atom is 0.222 e. The van der Waals surface area contributed by atoms with Crippen LogP contribution in [0.4, 0.5) is 0 Å². The molecule has 2 saturated heterocycles. The predicted octanol–water partition coefficient (Wildman–Crippen LogP) is 2.76. The first-order valence-corrected chi connectivity index (χ1v) is 8.05. The van der Waals surface area contributed by atoms with Crippen molar-refractivity contribution in [3.63, 3.8) is 0 Å². The van der Waals surface area contributed by atoms with E-state index in [2.05, 4.69) is 30.6 Å². The molecule has 19 heavy (non-hydrogen) atoms. The van der Waals surface area contributed by atoms with Crippen molar-refractivity contribution in [2.45, 2.75) is 52.9 Å². The Morgan fingerprint density at radius 2 is 1.84 bits per heavy atom. The van der Waals surface area contributed by atoms with E-state index in [4.69, 9.17) is 0 Å². The molecule has 0 aliphatic carbocycles. The van der Waals surface area contributed by atoms with Crippen LogP contribution in [0.15, 0.2) is 0 Å². The molecule has 110 valence electrons. The second-order valence-electron chi connectivity index (χ2n) is 7.02. The molecule has 2 heterocycles. The molecule has 0 radical (unpaired) electrons. The van der Waals surface area contributed by atoms with Crippen LogP contribution in [-0.4, -0.2) is 48.4 Å². The maximum absolute atomic E-state index is 12.1. The molecule has 3 heteroatoms. The van der Waals surface area contributed by atoms with Gasteiger partial charge in [-0.1, -0.05) is 20.8 Å². The summed E-state index contributed by atoms with van der Waals surface area (Å²) in [5.74, 6) is 1.02. The summed E-state index contributed by atoms with van der Waals surface area (Å²) in [4.78, 5) is 16.8. The topological polar surface area (TPSA) is 23.6 Å². The average molecular weight is 266 g/mol. The van der Waals surface area contributed by atoms with E-state index in [0.29, 0.717) is 17.2 Å². The minimum atomic E-state index is 0.383. The summed E-state index contributed by atoms with van der Waals surface area (Å²) in [6, 6.07) is 0. The molecule has 2 rings (SSSR count). The molecule has 1 amide bonds. The highest BCUT2D eigenvalue weighted by atomic mass is 16.2. The second kappa shape index (κ2) is 6.25. The predicted molar refractivity (Wildman–Crippen MR) is 79.1 cm³/mol. The maximum atomic E-state index is 12.1. The largest absolute Gasteiger partial charge is 0.343 e. The third-order valence-corrected chi connectivity index (χ3v) is 4.77. The number of carbonyl (C=O) groups is 1. The van der Waals surface area contributed by atoms with E-state index in [-0.39, 0.29) is 0 Å². The van der Waals surface area contributed by atoms with Crippen LogP contribution in [0.2, 0.25) is 0 Å². The molecular formula is C16H30N2O. The van der Waals surface area contributed by atoms with Gasteiger partial charge in [-0.05, 0) is 43.6 Å². The Kier molecular flexibility index (Phi) is 4.88. The number of hydrogen-bond donors (Lipinski definition) is 0. The van der Waals surface area contributed by atoms with Gasteiger partial charge in [0, 0.05) is 32.6 Å². The number of nitrogens with zero attached hydrogens (tertiary/aromatic N) is 2. The van der Waals surface area contributed by atoms with Crippen molar-refractivity contribution in [1.82, 2.24) is 9.80 Å². The molecule has 1 spiro atoms. The summed E-state index contributed by atoms with van der Waals surface area (Å²) in [6.07, 6.45) is 5.48. The highest BCUT2D eigenvalue weighted by molar-refractivity contribution is 5.76. The van der Waals surface area contributed by atoms with Crippen molar-refractivity contribution in [2.75, 3.05) is 32.7 Å². The molecule has 0 unspecified atom stereocenters. The van der Waals surface area contributed by atoms with Gasteiger partial charge in [0.05, 0.1) is 0 Å². The lowest BCUT2D eigenvalue weighted by atomic mass is 9.72. The van der Waals surface area contributed by atoms with Crippen molar-refractivity contribution in [2.24, 2.45) is 11.3 Å². The zero-order valence-electron chi connectivity index (χ0n) is 13.0. The van der Waals surface area contributed by atoms with Gasteiger partial charge in [0.15, 0.2) is 0 Å². The third kappa shape index (κ3) is 3.71. The van der Waals surface area contributed by atoms with E-state index >= 15 is 0 Å². The highest BCUT2D eigenvalue weighted by Crippen LogP contribution is 2.40. The molecule has 3 nitrogen and oxygen atoms in total. The Bertz CT molecular complexity index is 298. The molecule has 0 aromatic carbocycles. The van der Waals surface area contributed by atoms with Crippen LogP contribution in [0.25, 0.3) is 0 Å². The van der Waals surface area contributed by atoms with Crippen molar-refractivity contribution >= 4 is 5.91 Å². The Balaban J connectivity index is 1.70. The van der Waals surface area contributed by atoms with Gasteiger partial charge >= 0.3 is 0 Å². The van der Waals surface area contributed by atoms with Crippen molar-refractivity contribution in [3.05, 3.63) is 0 Å². The summed E-state index contributed by atoms with van der Waals surface area (Å²) in [7, 11) is 0. The lowest BCUT2D eigenvalue weighted by molar-refractivity contribution is -0.136. The number of likely N-dealkylation sites (tertiary alicyclic amines) is 2. The second-order valence-corrected chi connectivity index (χ2v) is 7.02. The smallest absolute Gasteiger partial charge is 0.222 e. The van der Waals surface area contributed by atoms with Crippen LogP contribution in [0.3, 0.4) is 0 Å². The van der Waals surface area contributed by atoms with Gasteiger partial charge in [-0.3, -0.25) is 4.79 Å². The van der Waals surface area contributed by atoms with Gasteiger partial charge in [0.1, 0.15) is 0 Å². The van der Waals surface area contributed by atoms with Crippen LogP contribution in [0.5, 0.6) is 0 Å². The normalized spacial score (nSPS) is 22.8. The third-order valence-electron chi connectivity index (χ3n) is 4.77. The zero-order chi connectivity index (χ0) is 13.9. The molecule has 0 saturated carbocycles. The van der Waals surface area contributed by atoms with E-state index in [1.165, 1.54) is 38.9 Å². The van der Waals surface area contributed by atoms with Gasteiger partial charge in [-0.2, -0.15) is 0 Å². The van der Waals surface area contributed by atoms with Crippen LogP contribution in [-0.2, 0) is 4.79 Å². The number of piperidine rings is 1. The first kappa shape index (κ1) is 14.8. The summed E-state index contributed by atoms with van der Waals surface area (Å²) in [5.41, 5.74) is 0.560. The van der Waals surface area contributed by atoms with Crippen LogP contribution >= 0.6 is 0 Å². The number of amides is 1. The van der Waals surface area contributed by atoms with E-state index in [9.17, 15) is 4.79 Å². The molecule has 2 fully saturated rings. The zero-order valence-corrected chi connectivity index (χ0v) is 13.0. The van der Waals surface area contributed by atoms with Gasteiger partial charge in [0.2, 0.25) is 5.91 Å². The SMILES string of the molecule is CCCN1CC2(CCN(C(=O)CCC(C)C)CC2)C1. The minimum absolute atomic E-state index is 0.383. The summed E-state index contributed by atoms with van der Waals surface area (Å²) >= 11 is 0. The lowest BCUT2D eigenvalue weighted by Gasteiger charge is -2.54. The fraction of sp³-hybridized carbons (Fsp3) is 0.938. The van der Waals surface area contributed by atoms with E-state index < -0.39 is 0 Å². The molecule has 0 atom stereocenters. The summed E-state index contributed by atoms with van der Waals surface area (Å²) < 4.78 is 0. The summed E-state index contributed by atoms with van der Waals surface area (Å²) in [5, 5.41) is 0. The van der Waals surface area contributed by atoms with Crippen molar-refractivity contribution in [3.8, 4) is 0 Å².